The van der Waals surface area contributed by atoms with Crippen molar-refractivity contribution in [2.24, 2.45) is 5.16 Å². The van der Waals surface area contributed by atoms with Crippen LogP contribution in [0.15, 0.2) is 69.1 Å². The highest BCUT2D eigenvalue weighted by molar-refractivity contribution is 7.99. The van der Waals surface area contributed by atoms with E-state index in [1.807, 2.05) is 28.1 Å². The van der Waals surface area contributed by atoms with Gasteiger partial charge in [0.05, 0.1) is 18.9 Å². The Hall–Kier alpha value is -2.52. The third-order valence-electron chi connectivity index (χ3n) is 4.25. The van der Waals surface area contributed by atoms with Gasteiger partial charge in [0.15, 0.2) is 4.96 Å². The van der Waals surface area contributed by atoms with Crippen LogP contribution in [0.3, 0.4) is 0 Å². The van der Waals surface area contributed by atoms with Gasteiger partial charge < -0.3 is 9.57 Å². The number of aromatic nitrogens is 2. The summed E-state index contributed by atoms with van der Waals surface area (Å²) < 4.78 is 6.80. The van der Waals surface area contributed by atoms with Crippen molar-refractivity contribution in [1.82, 2.24) is 9.38 Å². The molecular weight excluding hydrogens is 477 g/mol. The van der Waals surface area contributed by atoms with Gasteiger partial charge in [-0.1, -0.05) is 58.3 Å². The number of nitrogens with zero attached hydrogens (tertiary/aromatic N) is 3. The number of oxime groups is 1. The Kier molecular flexibility index (Phi) is 6.82. The van der Waals surface area contributed by atoms with E-state index in [-0.39, 0.29) is 6.61 Å². The smallest absolute Gasteiger partial charge is 0.339 e. The molecule has 0 aliphatic carbocycles. The number of hydrogen-bond acceptors (Lipinski definition) is 7. The van der Waals surface area contributed by atoms with E-state index in [0.29, 0.717) is 20.6 Å². The molecule has 31 heavy (non-hydrogen) atoms. The molecule has 0 N–H and O–H groups in total. The molecule has 2 aromatic carbocycles. The average Bonchev–Trinajstić information content (AvgIpc) is 3.34. The molecule has 2 aromatic heterocycles. The van der Waals surface area contributed by atoms with Crippen molar-refractivity contribution < 1.29 is 14.4 Å². The third kappa shape index (κ3) is 4.88. The molecule has 0 aliphatic heterocycles. The van der Waals surface area contributed by atoms with Crippen LogP contribution in [0.4, 0.5) is 0 Å². The van der Waals surface area contributed by atoms with E-state index in [4.69, 9.17) is 32.8 Å². The number of carbonyl (C=O) groups is 1. The van der Waals surface area contributed by atoms with Crippen LogP contribution in [-0.2, 0) is 16.2 Å². The molecule has 0 saturated carbocycles. The highest BCUT2D eigenvalue weighted by atomic mass is 35.5. The van der Waals surface area contributed by atoms with Crippen molar-refractivity contribution in [2.75, 3.05) is 7.11 Å². The Bertz CT molecular complexity index is 1270. The van der Waals surface area contributed by atoms with E-state index >= 15 is 0 Å². The van der Waals surface area contributed by atoms with Gasteiger partial charge in [0.1, 0.15) is 17.3 Å². The molecular formula is C21H15Cl2N3O3S2. The number of imidazole rings is 1. The number of hydrogen-bond donors (Lipinski definition) is 0. The number of benzene rings is 2. The van der Waals surface area contributed by atoms with Gasteiger partial charge in [-0.15, -0.1) is 11.3 Å². The summed E-state index contributed by atoms with van der Waals surface area (Å²) in [5.74, 6) is -0.400. The molecule has 0 fully saturated rings. The van der Waals surface area contributed by atoms with Crippen LogP contribution in [0.25, 0.3) is 4.96 Å². The lowest BCUT2D eigenvalue weighted by atomic mass is 10.2. The molecule has 4 rings (SSSR count). The van der Waals surface area contributed by atoms with Crippen LogP contribution in [0.1, 0.15) is 21.6 Å². The fourth-order valence-electron chi connectivity index (χ4n) is 2.75. The van der Waals surface area contributed by atoms with Gasteiger partial charge in [0.2, 0.25) is 0 Å². The lowest BCUT2D eigenvalue weighted by Crippen LogP contribution is -2.02. The summed E-state index contributed by atoms with van der Waals surface area (Å²) in [5.41, 5.74) is 1.99. The van der Waals surface area contributed by atoms with Gasteiger partial charge >= 0.3 is 5.97 Å². The summed E-state index contributed by atoms with van der Waals surface area (Å²) in [6, 6.07) is 12.4. The lowest BCUT2D eigenvalue weighted by molar-refractivity contribution is 0.0597. The second-order valence-electron chi connectivity index (χ2n) is 6.19. The van der Waals surface area contributed by atoms with E-state index in [9.17, 15) is 4.79 Å². The molecule has 0 saturated heterocycles. The van der Waals surface area contributed by atoms with Crippen LogP contribution in [0.2, 0.25) is 10.0 Å². The maximum atomic E-state index is 12.1. The Morgan fingerprint density at radius 1 is 1.29 bits per heavy atom. The van der Waals surface area contributed by atoms with E-state index in [1.54, 1.807) is 36.5 Å². The zero-order valence-electron chi connectivity index (χ0n) is 16.1. The molecule has 10 heteroatoms. The largest absolute Gasteiger partial charge is 0.465 e. The molecule has 0 spiro atoms. The van der Waals surface area contributed by atoms with Gasteiger partial charge in [-0.25, -0.2) is 9.78 Å². The van der Waals surface area contributed by atoms with Crippen molar-refractivity contribution in [3.05, 3.63) is 80.9 Å². The van der Waals surface area contributed by atoms with E-state index in [1.165, 1.54) is 30.2 Å². The number of rotatable bonds is 7. The Labute approximate surface area is 196 Å². The van der Waals surface area contributed by atoms with Gasteiger partial charge in [-0.3, -0.25) is 4.40 Å². The van der Waals surface area contributed by atoms with Crippen LogP contribution < -0.4 is 0 Å². The second-order valence-corrected chi connectivity index (χ2v) is 8.94. The highest BCUT2D eigenvalue weighted by Crippen LogP contribution is 2.33. The van der Waals surface area contributed by atoms with Crippen LogP contribution >= 0.6 is 46.3 Å². The van der Waals surface area contributed by atoms with E-state index in [2.05, 4.69) is 10.1 Å². The van der Waals surface area contributed by atoms with Crippen LogP contribution in [-0.4, -0.2) is 28.7 Å². The number of thiazole rings is 1. The van der Waals surface area contributed by atoms with Gasteiger partial charge in [0.25, 0.3) is 0 Å². The Morgan fingerprint density at radius 2 is 2.13 bits per heavy atom. The molecule has 4 aromatic rings. The van der Waals surface area contributed by atoms with Crippen molar-refractivity contribution >= 4 is 63.4 Å². The average molecular weight is 492 g/mol. The molecule has 6 nitrogen and oxygen atoms in total. The first-order valence-electron chi connectivity index (χ1n) is 8.97. The number of carbonyl (C=O) groups excluding carboxylic acids is 1. The third-order valence-corrected chi connectivity index (χ3v) is 6.66. The molecule has 0 aliphatic rings. The minimum absolute atomic E-state index is 0.200. The van der Waals surface area contributed by atoms with Crippen molar-refractivity contribution in [1.29, 1.82) is 0 Å². The van der Waals surface area contributed by atoms with E-state index in [0.717, 1.165) is 21.1 Å². The second kappa shape index (κ2) is 9.74. The molecule has 0 unspecified atom stereocenters. The topological polar surface area (TPSA) is 65.2 Å². The number of ether oxygens (including phenoxy) is 1. The maximum absolute atomic E-state index is 12.1. The van der Waals surface area contributed by atoms with Gasteiger partial charge in [-0.05, 0) is 24.3 Å². The lowest BCUT2D eigenvalue weighted by Gasteiger charge is -2.06. The fraction of sp³-hybridized carbons (Fsp3) is 0.0952. The quantitative estimate of drug-likeness (QED) is 0.175. The monoisotopic (exact) mass is 491 g/mol. The number of methoxy groups -OCH3 is 1. The van der Waals surface area contributed by atoms with Crippen LogP contribution in [0.5, 0.6) is 0 Å². The molecule has 2 heterocycles. The summed E-state index contributed by atoms with van der Waals surface area (Å²) in [4.78, 5) is 23.8. The predicted octanol–water partition coefficient (Wildman–Crippen LogP) is 6.19. The van der Waals surface area contributed by atoms with Crippen LogP contribution in [0, 0.1) is 0 Å². The van der Waals surface area contributed by atoms with Crippen molar-refractivity contribution in [3.63, 3.8) is 0 Å². The molecule has 0 amide bonds. The normalized spacial score (nSPS) is 11.3. The Balaban J connectivity index is 1.57. The molecule has 0 radical (unpaired) electrons. The minimum Gasteiger partial charge on any atom is -0.465 e. The van der Waals surface area contributed by atoms with Crippen molar-refractivity contribution in [2.45, 2.75) is 16.5 Å². The standard InChI is InChI=1S/C21H15Cl2N3O3S2/c1-28-20(27)15-4-2-3-5-18(15)31-19-17(26-8-9-30-21(26)25-19)11-24-29-12-13-6-7-14(22)10-16(13)23/h2-11H,12H2,1H3/b24-11+. The summed E-state index contributed by atoms with van der Waals surface area (Å²) in [7, 11) is 1.36. The zero-order chi connectivity index (χ0) is 21.8. The first-order chi connectivity index (χ1) is 15.1. The first kappa shape index (κ1) is 21.7. The summed E-state index contributed by atoms with van der Waals surface area (Å²) >= 11 is 15.0. The van der Waals surface area contributed by atoms with Gasteiger partial charge in [-0.2, -0.15) is 0 Å². The fourth-order valence-corrected chi connectivity index (χ4v) is 4.99. The summed E-state index contributed by atoms with van der Waals surface area (Å²) in [6.07, 6.45) is 3.50. The zero-order valence-corrected chi connectivity index (χ0v) is 19.3. The number of halogens is 2. The van der Waals surface area contributed by atoms with Crippen molar-refractivity contribution in [3.8, 4) is 0 Å². The minimum atomic E-state index is -0.400. The summed E-state index contributed by atoms with van der Waals surface area (Å²) in [6.45, 7) is 0.200. The highest BCUT2D eigenvalue weighted by Gasteiger charge is 2.17. The van der Waals surface area contributed by atoms with Gasteiger partial charge in [0, 0.05) is 32.1 Å². The molecule has 0 atom stereocenters. The Morgan fingerprint density at radius 3 is 2.94 bits per heavy atom. The summed E-state index contributed by atoms with van der Waals surface area (Å²) in [5, 5.41) is 7.81. The first-order valence-corrected chi connectivity index (χ1v) is 11.4. The number of fused-ring (bicyclic) bond motifs is 1. The molecule has 158 valence electrons. The van der Waals surface area contributed by atoms with E-state index < -0.39 is 5.97 Å². The SMILES string of the molecule is COC(=O)c1ccccc1Sc1nc2sccn2c1/C=N/OCc1ccc(Cl)cc1Cl. The molecule has 0 bridgehead atoms. The number of esters is 1. The maximum Gasteiger partial charge on any atom is 0.339 e. The predicted molar refractivity (Wildman–Crippen MR) is 124 cm³/mol.